The van der Waals surface area contributed by atoms with Crippen molar-refractivity contribution in [1.29, 1.82) is 0 Å². The zero-order valence-corrected chi connectivity index (χ0v) is 10.2. The van der Waals surface area contributed by atoms with Gasteiger partial charge in [-0.2, -0.15) is 0 Å². The average Bonchev–Trinajstić information content (AvgIpc) is 2.29. The molecule has 2 aliphatic heterocycles. The maximum absolute atomic E-state index is 11.3. The van der Waals surface area contributed by atoms with E-state index in [2.05, 4.69) is 22.5 Å². The van der Waals surface area contributed by atoms with Gasteiger partial charge in [-0.1, -0.05) is 6.92 Å². The van der Waals surface area contributed by atoms with Gasteiger partial charge in [0.05, 0.1) is 0 Å². The molecule has 0 aromatic rings. The quantitative estimate of drug-likeness (QED) is 0.672. The largest absolute Gasteiger partial charge is 0.353 e. The van der Waals surface area contributed by atoms with Crippen LogP contribution in [0.4, 0.5) is 0 Å². The van der Waals surface area contributed by atoms with Crippen LogP contribution in [0.1, 0.15) is 26.2 Å². The lowest BCUT2D eigenvalue weighted by Gasteiger charge is -2.41. The number of likely N-dealkylation sites (N-methyl/N-ethyl adjacent to an activating group) is 1. The molecule has 2 saturated heterocycles. The molecule has 92 valence electrons. The highest BCUT2D eigenvalue weighted by Gasteiger charge is 2.33. The minimum absolute atomic E-state index is 0.252. The molecule has 2 heterocycles. The van der Waals surface area contributed by atoms with Gasteiger partial charge in [-0.15, -0.1) is 0 Å². The summed E-state index contributed by atoms with van der Waals surface area (Å²) in [6.45, 7) is 7.72. The zero-order valence-electron chi connectivity index (χ0n) is 10.2. The summed E-state index contributed by atoms with van der Waals surface area (Å²) in [6, 6.07) is 0.455. The first-order valence-electron chi connectivity index (χ1n) is 6.52. The molecule has 16 heavy (non-hydrogen) atoms. The van der Waals surface area contributed by atoms with Gasteiger partial charge in [0.25, 0.3) is 0 Å². The lowest BCUT2D eigenvalue weighted by molar-refractivity contribution is -0.125. The van der Waals surface area contributed by atoms with Crippen molar-refractivity contribution in [3.05, 3.63) is 0 Å². The Hall–Kier alpha value is -0.610. The first-order chi connectivity index (χ1) is 7.79. The predicted octanol–water partition coefficient (Wildman–Crippen LogP) is 0.196. The van der Waals surface area contributed by atoms with Crippen molar-refractivity contribution in [3.63, 3.8) is 0 Å². The minimum atomic E-state index is 0.252. The Kier molecular flexibility index (Phi) is 4.18. The third-order valence-corrected chi connectivity index (χ3v) is 3.76. The molecule has 4 heteroatoms. The molecule has 1 amide bonds. The van der Waals surface area contributed by atoms with Crippen molar-refractivity contribution in [3.8, 4) is 0 Å². The third kappa shape index (κ3) is 2.95. The van der Waals surface area contributed by atoms with E-state index in [4.69, 9.17) is 0 Å². The molecule has 0 aromatic carbocycles. The van der Waals surface area contributed by atoms with Crippen molar-refractivity contribution in [2.24, 2.45) is 5.92 Å². The second-order valence-corrected chi connectivity index (χ2v) is 4.92. The van der Waals surface area contributed by atoms with Crippen LogP contribution in [-0.4, -0.2) is 49.6 Å². The van der Waals surface area contributed by atoms with Gasteiger partial charge >= 0.3 is 0 Å². The molecule has 0 spiro atoms. The van der Waals surface area contributed by atoms with E-state index in [-0.39, 0.29) is 5.91 Å². The van der Waals surface area contributed by atoms with E-state index in [1.54, 1.807) is 0 Å². The number of likely N-dealkylation sites (tertiary alicyclic amines) is 1. The normalized spacial score (nSPS) is 30.9. The summed E-state index contributed by atoms with van der Waals surface area (Å²) in [5, 5.41) is 6.49. The van der Waals surface area contributed by atoms with E-state index in [0.717, 1.165) is 52.0 Å². The van der Waals surface area contributed by atoms with Crippen molar-refractivity contribution in [1.82, 2.24) is 15.5 Å². The number of piperidine rings is 2. The molecule has 2 unspecified atom stereocenters. The number of rotatable bonds is 4. The van der Waals surface area contributed by atoms with E-state index < -0.39 is 0 Å². The van der Waals surface area contributed by atoms with E-state index in [9.17, 15) is 4.79 Å². The number of hydrogen-bond donors (Lipinski definition) is 2. The molecule has 0 radical (unpaired) electrons. The summed E-state index contributed by atoms with van der Waals surface area (Å²) in [4.78, 5) is 13.8. The number of carbonyl (C=O) groups is 1. The van der Waals surface area contributed by atoms with Gasteiger partial charge in [-0.05, 0) is 25.3 Å². The van der Waals surface area contributed by atoms with Gasteiger partial charge in [0.15, 0.2) is 0 Å². The molecule has 2 atom stereocenters. The number of nitrogens with zero attached hydrogens (tertiary/aromatic N) is 1. The summed E-state index contributed by atoms with van der Waals surface area (Å²) in [5.41, 5.74) is 0. The fourth-order valence-corrected chi connectivity index (χ4v) is 2.80. The van der Waals surface area contributed by atoms with E-state index in [1.807, 2.05) is 0 Å². The monoisotopic (exact) mass is 225 g/mol. The minimum Gasteiger partial charge on any atom is -0.353 e. The molecule has 0 saturated carbocycles. The van der Waals surface area contributed by atoms with Crippen LogP contribution in [-0.2, 0) is 4.79 Å². The highest BCUT2D eigenvalue weighted by atomic mass is 16.1. The molecular weight excluding hydrogens is 202 g/mol. The van der Waals surface area contributed by atoms with Crippen LogP contribution >= 0.6 is 0 Å². The summed E-state index contributed by atoms with van der Waals surface area (Å²) in [6.07, 6.45) is 2.93. The molecule has 2 rings (SSSR count). The summed E-state index contributed by atoms with van der Waals surface area (Å²) >= 11 is 0. The number of nitrogens with one attached hydrogen (secondary N) is 2. The fraction of sp³-hybridized carbons (Fsp3) is 0.917. The van der Waals surface area contributed by atoms with Crippen LogP contribution < -0.4 is 10.6 Å². The summed E-state index contributed by atoms with van der Waals surface area (Å²) in [5.74, 6) is 0.940. The predicted molar refractivity (Wildman–Crippen MR) is 64.3 cm³/mol. The molecule has 4 nitrogen and oxygen atoms in total. The van der Waals surface area contributed by atoms with Gasteiger partial charge in [0.2, 0.25) is 5.91 Å². The standard InChI is InChI=1S/C12H23N3O/c1-2-13-6-8-15-7-5-11-10(9-15)3-4-12(16)14-11/h10-11,13H,2-9H2,1H3,(H,14,16). The van der Waals surface area contributed by atoms with Crippen LogP contribution in [0.3, 0.4) is 0 Å². The number of hydrogen-bond acceptors (Lipinski definition) is 3. The SMILES string of the molecule is CCNCCN1CCC2NC(=O)CCC2C1. The second-order valence-electron chi connectivity index (χ2n) is 4.92. The van der Waals surface area contributed by atoms with Crippen molar-refractivity contribution < 1.29 is 4.79 Å². The second kappa shape index (κ2) is 5.64. The van der Waals surface area contributed by atoms with Gasteiger partial charge in [0.1, 0.15) is 0 Å². The Balaban J connectivity index is 1.75. The Labute approximate surface area is 97.8 Å². The van der Waals surface area contributed by atoms with Gasteiger partial charge in [0, 0.05) is 38.6 Å². The third-order valence-electron chi connectivity index (χ3n) is 3.76. The smallest absolute Gasteiger partial charge is 0.220 e. The van der Waals surface area contributed by atoms with Crippen molar-refractivity contribution in [2.75, 3.05) is 32.7 Å². The lowest BCUT2D eigenvalue weighted by Crippen LogP contribution is -2.54. The van der Waals surface area contributed by atoms with Crippen molar-refractivity contribution in [2.45, 2.75) is 32.2 Å². The Bertz CT molecular complexity index is 244. The average molecular weight is 225 g/mol. The fourth-order valence-electron chi connectivity index (χ4n) is 2.80. The highest BCUT2D eigenvalue weighted by molar-refractivity contribution is 5.77. The maximum Gasteiger partial charge on any atom is 0.220 e. The topological polar surface area (TPSA) is 44.4 Å². The van der Waals surface area contributed by atoms with Gasteiger partial charge in [-0.3, -0.25) is 4.79 Å². The molecule has 2 fully saturated rings. The first kappa shape index (κ1) is 11.9. The van der Waals surface area contributed by atoms with Gasteiger partial charge in [-0.25, -0.2) is 0 Å². The molecule has 0 bridgehead atoms. The van der Waals surface area contributed by atoms with Gasteiger partial charge < -0.3 is 15.5 Å². The van der Waals surface area contributed by atoms with Crippen LogP contribution in [0.15, 0.2) is 0 Å². The van der Waals surface area contributed by atoms with E-state index in [1.165, 1.54) is 0 Å². The lowest BCUT2D eigenvalue weighted by atomic mass is 9.85. The summed E-state index contributed by atoms with van der Waals surface area (Å²) < 4.78 is 0. The Morgan fingerprint density at radius 1 is 1.50 bits per heavy atom. The zero-order chi connectivity index (χ0) is 11.4. The highest BCUT2D eigenvalue weighted by Crippen LogP contribution is 2.24. The van der Waals surface area contributed by atoms with Crippen molar-refractivity contribution >= 4 is 5.91 Å². The van der Waals surface area contributed by atoms with Crippen LogP contribution in [0.5, 0.6) is 0 Å². The summed E-state index contributed by atoms with van der Waals surface area (Å²) in [7, 11) is 0. The molecule has 2 N–H and O–H groups in total. The number of amides is 1. The molecular formula is C12H23N3O. The van der Waals surface area contributed by atoms with Crippen LogP contribution in [0, 0.1) is 5.92 Å². The molecule has 0 aliphatic carbocycles. The first-order valence-corrected chi connectivity index (χ1v) is 6.52. The Morgan fingerprint density at radius 3 is 3.19 bits per heavy atom. The molecule has 0 aromatic heterocycles. The van der Waals surface area contributed by atoms with Crippen LogP contribution in [0.2, 0.25) is 0 Å². The van der Waals surface area contributed by atoms with Crippen LogP contribution in [0.25, 0.3) is 0 Å². The number of fused-ring (bicyclic) bond motifs is 1. The van der Waals surface area contributed by atoms with E-state index in [0.29, 0.717) is 12.0 Å². The number of carbonyl (C=O) groups excluding carboxylic acids is 1. The molecule has 2 aliphatic rings. The maximum atomic E-state index is 11.3. The Morgan fingerprint density at radius 2 is 2.38 bits per heavy atom. The van der Waals surface area contributed by atoms with E-state index >= 15 is 0 Å².